The zero-order chi connectivity index (χ0) is 13.6. The van der Waals surface area contributed by atoms with E-state index in [0.717, 1.165) is 18.4 Å². The number of hydrogen-bond donors (Lipinski definition) is 1. The van der Waals surface area contributed by atoms with Gasteiger partial charge in [-0.25, -0.2) is 0 Å². The van der Waals surface area contributed by atoms with Crippen molar-refractivity contribution in [3.8, 4) is 0 Å². The van der Waals surface area contributed by atoms with Crippen LogP contribution in [0.5, 0.6) is 0 Å². The number of nitrogens with zero attached hydrogens (tertiary/aromatic N) is 1. The molecule has 1 unspecified atom stereocenters. The maximum Gasteiger partial charge on any atom is 0.0558 e. The van der Waals surface area contributed by atoms with Crippen LogP contribution < -0.4 is 0 Å². The summed E-state index contributed by atoms with van der Waals surface area (Å²) in [5.41, 5.74) is 0.325. The summed E-state index contributed by atoms with van der Waals surface area (Å²) in [6.45, 7) is 9.19. The second-order valence-electron chi connectivity index (χ2n) is 6.73. The smallest absolute Gasteiger partial charge is 0.0558 e. The van der Waals surface area contributed by atoms with Gasteiger partial charge in [0.05, 0.1) is 6.61 Å². The molecule has 0 aromatic rings. The quantitative estimate of drug-likeness (QED) is 0.755. The molecule has 1 aliphatic carbocycles. The summed E-state index contributed by atoms with van der Waals surface area (Å²) < 4.78 is 0. The number of alkyl halides is 1. The van der Waals surface area contributed by atoms with Crippen molar-refractivity contribution in [2.45, 2.75) is 58.9 Å². The van der Waals surface area contributed by atoms with Gasteiger partial charge in [-0.3, -0.25) is 4.90 Å². The van der Waals surface area contributed by atoms with Crippen LogP contribution in [0.4, 0.5) is 0 Å². The van der Waals surface area contributed by atoms with Crippen LogP contribution in [0.1, 0.15) is 52.9 Å². The molecule has 1 aliphatic rings. The van der Waals surface area contributed by atoms with Gasteiger partial charge in [0.1, 0.15) is 0 Å². The van der Waals surface area contributed by atoms with E-state index in [0.29, 0.717) is 17.4 Å². The lowest BCUT2D eigenvalue weighted by atomic mass is 9.81. The summed E-state index contributed by atoms with van der Waals surface area (Å²) in [7, 11) is 0. The van der Waals surface area contributed by atoms with Gasteiger partial charge in [0.25, 0.3) is 0 Å². The fraction of sp³-hybridized carbons (Fsp3) is 1.00. The molecule has 1 rings (SSSR count). The van der Waals surface area contributed by atoms with Crippen molar-refractivity contribution in [1.82, 2.24) is 4.90 Å². The van der Waals surface area contributed by atoms with Crippen LogP contribution in [0, 0.1) is 11.3 Å². The highest BCUT2D eigenvalue weighted by Gasteiger charge is 2.29. The summed E-state index contributed by atoms with van der Waals surface area (Å²) in [6, 6.07) is 0.704. The first-order valence-corrected chi connectivity index (χ1v) is 8.52. The van der Waals surface area contributed by atoms with Gasteiger partial charge in [-0.1, -0.05) is 56.0 Å². The van der Waals surface area contributed by atoms with Gasteiger partial charge in [-0.2, -0.15) is 0 Å². The van der Waals surface area contributed by atoms with E-state index < -0.39 is 0 Å². The molecule has 0 spiro atoms. The number of rotatable bonds is 6. The van der Waals surface area contributed by atoms with E-state index in [-0.39, 0.29) is 6.61 Å². The average Bonchev–Trinajstić information content (AvgIpc) is 2.34. The van der Waals surface area contributed by atoms with Crippen molar-refractivity contribution in [1.29, 1.82) is 0 Å². The lowest BCUT2D eigenvalue weighted by Gasteiger charge is -2.39. The van der Waals surface area contributed by atoms with Crippen LogP contribution in [0.25, 0.3) is 0 Å². The van der Waals surface area contributed by atoms with Gasteiger partial charge >= 0.3 is 0 Å². The Hall–Kier alpha value is 0.400. The predicted octanol–water partition coefficient (Wildman–Crippen LogP) is 3.67. The van der Waals surface area contributed by atoms with Crippen LogP contribution in [0.15, 0.2) is 0 Å². The monoisotopic (exact) mass is 319 g/mol. The first kappa shape index (κ1) is 16.5. The van der Waals surface area contributed by atoms with Crippen LogP contribution in [0.2, 0.25) is 0 Å². The molecule has 1 atom stereocenters. The molecule has 0 aromatic heterocycles. The molecule has 0 saturated heterocycles. The minimum absolute atomic E-state index is 0.287. The Kier molecular flexibility index (Phi) is 7.19. The van der Waals surface area contributed by atoms with Crippen molar-refractivity contribution >= 4 is 15.9 Å². The lowest BCUT2D eigenvalue weighted by molar-refractivity contribution is 0.0844. The summed E-state index contributed by atoms with van der Waals surface area (Å²) >= 11 is 3.67. The van der Waals surface area contributed by atoms with Gasteiger partial charge in [-0.05, 0) is 24.2 Å². The molecule has 0 amide bonds. The van der Waals surface area contributed by atoms with Gasteiger partial charge < -0.3 is 5.11 Å². The van der Waals surface area contributed by atoms with Gasteiger partial charge in [0.15, 0.2) is 0 Å². The van der Waals surface area contributed by atoms with E-state index in [1.807, 2.05) is 0 Å². The van der Waals surface area contributed by atoms with E-state index >= 15 is 0 Å². The van der Waals surface area contributed by atoms with Crippen molar-refractivity contribution in [2.75, 3.05) is 25.0 Å². The molecule has 1 saturated carbocycles. The number of hydrogen-bond acceptors (Lipinski definition) is 2. The van der Waals surface area contributed by atoms with Gasteiger partial charge in [0, 0.05) is 24.5 Å². The Morgan fingerprint density at radius 2 is 1.83 bits per heavy atom. The van der Waals surface area contributed by atoms with E-state index in [1.54, 1.807) is 0 Å². The van der Waals surface area contributed by atoms with E-state index in [2.05, 4.69) is 41.6 Å². The Labute approximate surface area is 121 Å². The number of aliphatic hydroxyl groups is 1. The Bertz CT molecular complexity index is 221. The summed E-state index contributed by atoms with van der Waals surface area (Å²) in [5.74, 6) is 0.644. The molecular formula is C15H30BrNO. The average molecular weight is 320 g/mol. The molecular weight excluding hydrogens is 290 g/mol. The molecule has 0 aromatic carbocycles. The zero-order valence-corrected chi connectivity index (χ0v) is 13.9. The summed E-state index contributed by atoms with van der Waals surface area (Å²) in [4.78, 5) is 2.54. The van der Waals surface area contributed by atoms with Crippen LogP contribution in [0.3, 0.4) is 0 Å². The normalized spacial score (nSPS) is 20.3. The highest BCUT2D eigenvalue weighted by molar-refractivity contribution is 9.09. The number of aliphatic hydroxyl groups excluding tert-OH is 1. The molecule has 0 heterocycles. The first-order chi connectivity index (χ1) is 8.49. The van der Waals surface area contributed by atoms with Crippen LogP contribution in [-0.2, 0) is 0 Å². The first-order valence-electron chi connectivity index (χ1n) is 7.40. The Morgan fingerprint density at radius 1 is 1.22 bits per heavy atom. The molecule has 3 heteroatoms. The highest BCUT2D eigenvalue weighted by Crippen LogP contribution is 2.30. The second kappa shape index (κ2) is 7.86. The molecule has 0 aliphatic heterocycles. The summed E-state index contributed by atoms with van der Waals surface area (Å²) in [6.07, 6.45) is 6.76. The van der Waals surface area contributed by atoms with Gasteiger partial charge in [-0.15, -0.1) is 0 Å². The van der Waals surface area contributed by atoms with E-state index in [4.69, 9.17) is 0 Å². The zero-order valence-electron chi connectivity index (χ0n) is 12.3. The second-order valence-corrected chi connectivity index (χ2v) is 7.38. The molecule has 18 heavy (non-hydrogen) atoms. The summed E-state index contributed by atoms with van der Waals surface area (Å²) in [5, 5.41) is 10.3. The maximum atomic E-state index is 9.30. The SMILES string of the molecule is CC(C)(C)C(CBr)CN(CCO)C1CCCCC1. The topological polar surface area (TPSA) is 23.5 Å². The third-order valence-corrected chi connectivity index (χ3v) is 5.13. The third kappa shape index (κ3) is 5.18. The van der Waals surface area contributed by atoms with Gasteiger partial charge in [0.2, 0.25) is 0 Å². The van der Waals surface area contributed by atoms with Crippen molar-refractivity contribution in [3.63, 3.8) is 0 Å². The Morgan fingerprint density at radius 3 is 2.28 bits per heavy atom. The molecule has 0 radical (unpaired) electrons. The molecule has 1 fully saturated rings. The predicted molar refractivity (Wildman–Crippen MR) is 82.3 cm³/mol. The van der Waals surface area contributed by atoms with Crippen molar-refractivity contribution < 1.29 is 5.11 Å². The van der Waals surface area contributed by atoms with Crippen molar-refractivity contribution in [2.24, 2.45) is 11.3 Å². The minimum Gasteiger partial charge on any atom is -0.395 e. The number of halogens is 1. The lowest BCUT2D eigenvalue weighted by Crippen LogP contribution is -2.44. The van der Waals surface area contributed by atoms with E-state index in [9.17, 15) is 5.11 Å². The molecule has 108 valence electrons. The third-order valence-electron chi connectivity index (χ3n) is 4.34. The van der Waals surface area contributed by atoms with Crippen LogP contribution >= 0.6 is 15.9 Å². The fourth-order valence-corrected chi connectivity index (χ4v) is 4.01. The Balaban J connectivity index is 2.60. The maximum absolute atomic E-state index is 9.30. The standard InChI is InChI=1S/C15H30BrNO/c1-15(2,3)13(11-16)12-17(9-10-18)14-7-5-4-6-8-14/h13-14,18H,4-12H2,1-3H3. The molecule has 0 bridgehead atoms. The highest BCUT2D eigenvalue weighted by atomic mass is 79.9. The fourth-order valence-electron chi connectivity index (χ4n) is 2.83. The minimum atomic E-state index is 0.287. The molecule has 1 N–H and O–H groups in total. The van der Waals surface area contributed by atoms with Crippen LogP contribution in [-0.4, -0.2) is 41.1 Å². The molecule has 2 nitrogen and oxygen atoms in total. The largest absolute Gasteiger partial charge is 0.395 e. The van der Waals surface area contributed by atoms with Crippen molar-refractivity contribution in [3.05, 3.63) is 0 Å². The van der Waals surface area contributed by atoms with E-state index in [1.165, 1.54) is 32.1 Å².